The number of para-hydroxylation sites is 1. The number of thiophene rings is 1. The number of hydrogen-bond acceptors (Lipinski definition) is 3. The monoisotopic (exact) mass is 553 g/mol. The van der Waals surface area contributed by atoms with Crippen LogP contribution in [0.4, 0.5) is 0 Å². The molecule has 4 heteroatoms. The molecule has 0 saturated heterocycles. The third-order valence-corrected chi connectivity index (χ3v) is 9.42. The highest BCUT2D eigenvalue weighted by molar-refractivity contribution is 7.26. The lowest BCUT2D eigenvalue weighted by molar-refractivity contribution is 1.01. The molecule has 3 nitrogen and oxygen atoms in total. The third-order valence-electron chi connectivity index (χ3n) is 8.22. The van der Waals surface area contributed by atoms with Gasteiger partial charge in [-0.15, -0.1) is 11.3 Å². The van der Waals surface area contributed by atoms with E-state index in [1.807, 2.05) is 23.5 Å². The van der Waals surface area contributed by atoms with Gasteiger partial charge in [0.2, 0.25) is 5.95 Å². The van der Waals surface area contributed by atoms with Crippen LogP contribution in [-0.2, 0) is 0 Å². The normalized spacial score (nSPS) is 11.8. The Morgan fingerprint density at radius 3 is 2.00 bits per heavy atom. The van der Waals surface area contributed by atoms with Gasteiger partial charge in [0, 0.05) is 41.9 Å². The molecule has 0 N–H and O–H groups in total. The Balaban J connectivity index is 1.44. The predicted octanol–water partition coefficient (Wildman–Crippen LogP) is 10.4. The molecule has 0 aliphatic rings. The molecule has 0 aliphatic heterocycles. The summed E-state index contributed by atoms with van der Waals surface area (Å²) in [6.45, 7) is 0. The van der Waals surface area contributed by atoms with Crippen molar-refractivity contribution in [3.8, 4) is 28.3 Å². The molecule has 9 rings (SSSR count). The van der Waals surface area contributed by atoms with E-state index in [1.54, 1.807) is 0 Å². The highest BCUT2D eigenvalue weighted by atomic mass is 32.1. The lowest BCUT2D eigenvalue weighted by Gasteiger charge is -2.12. The van der Waals surface area contributed by atoms with Crippen molar-refractivity contribution in [3.63, 3.8) is 0 Å². The highest BCUT2D eigenvalue weighted by Crippen LogP contribution is 2.44. The van der Waals surface area contributed by atoms with Gasteiger partial charge in [0.15, 0.2) is 0 Å². The van der Waals surface area contributed by atoms with Crippen LogP contribution in [0.5, 0.6) is 0 Å². The number of hydrogen-bond donors (Lipinski definition) is 0. The van der Waals surface area contributed by atoms with Gasteiger partial charge in [-0.25, -0.2) is 9.97 Å². The van der Waals surface area contributed by atoms with E-state index in [2.05, 4.69) is 132 Å². The van der Waals surface area contributed by atoms with Gasteiger partial charge in [0.05, 0.1) is 22.2 Å². The van der Waals surface area contributed by atoms with Gasteiger partial charge in [-0.3, -0.25) is 4.57 Å². The summed E-state index contributed by atoms with van der Waals surface area (Å²) in [4.78, 5) is 10.5. The van der Waals surface area contributed by atoms with Gasteiger partial charge >= 0.3 is 0 Å². The molecule has 6 aromatic carbocycles. The fourth-order valence-electron chi connectivity index (χ4n) is 6.29. The van der Waals surface area contributed by atoms with Crippen molar-refractivity contribution in [1.82, 2.24) is 14.5 Å². The molecule has 0 atom stereocenters. The van der Waals surface area contributed by atoms with E-state index < -0.39 is 0 Å². The van der Waals surface area contributed by atoms with Gasteiger partial charge in [0.1, 0.15) is 0 Å². The fraction of sp³-hybridized carbons (Fsp3) is 0. The first-order valence-electron chi connectivity index (χ1n) is 14.1. The van der Waals surface area contributed by atoms with Gasteiger partial charge in [-0.1, -0.05) is 115 Å². The number of fused-ring (bicyclic) bond motifs is 8. The van der Waals surface area contributed by atoms with Crippen molar-refractivity contribution in [2.45, 2.75) is 0 Å². The van der Waals surface area contributed by atoms with Crippen LogP contribution in [0.25, 0.3) is 81.2 Å². The number of nitrogens with zero attached hydrogens (tertiary/aromatic N) is 3. The molecule has 196 valence electrons. The molecule has 0 unspecified atom stereocenters. The van der Waals surface area contributed by atoms with Crippen LogP contribution in [-0.4, -0.2) is 14.5 Å². The largest absolute Gasteiger partial charge is 0.278 e. The summed E-state index contributed by atoms with van der Waals surface area (Å²) in [7, 11) is 0. The third kappa shape index (κ3) is 3.46. The van der Waals surface area contributed by atoms with E-state index >= 15 is 0 Å². The predicted molar refractivity (Wildman–Crippen MR) is 178 cm³/mol. The molecule has 3 aromatic heterocycles. The number of rotatable bonds is 3. The standard InChI is InChI=1S/C38H23N3S/c1-3-11-24(12-4-1)26-19-20-30-33(23-26)41(32-22-21-28-27-15-8-10-18-34(27)42-37(28)35(30)32)38-39-31-17-9-7-16-29(31)36(40-38)25-13-5-2-6-14-25/h1-23H. The Hall–Kier alpha value is -5.32. The summed E-state index contributed by atoms with van der Waals surface area (Å²) < 4.78 is 4.86. The molecule has 0 bridgehead atoms. The molecule has 0 aliphatic carbocycles. The van der Waals surface area contributed by atoms with Crippen molar-refractivity contribution < 1.29 is 0 Å². The zero-order chi connectivity index (χ0) is 27.6. The Morgan fingerprint density at radius 2 is 1.17 bits per heavy atom. The van der Waals surface area contributed by atoms with E-state index in [0.29, 0.717) is 5.95 Å². The van der Waals surface area contributed by atoms with E-state index in [9.17, 15) is 0 Å². The van der Waals surface area contributed by atoms with E-state index in [4.69, 9.17) is 9.97 Å². The maximum absolute atomic E-state index is 5.29. The average Bonchev–Trinajstić information content (AvgIpc) is 3.60. The van der Waals surface area contributed by atoms with Crippen LogP contribution in [0, 0.1) is 0 Å². The van der Waals surface area contributed by atoms with Crippen molar-refractivity contribution in [3.05, 3.63) is 140 Å². The van der Waals surface area contributed by atoms with Crippen LogP contribution in [0.1, 0.15) is 0 Å². The number of benzene rings is 6. The highest BCUT2D eigenvalue weighted by Gasteiger charge is 2.21. The molecule has 0 fully saturated rings. The summed E-state index contributed by atoms with van der Waals surface area (Å²) in [5, 5.41) is 6.10. The number of aromatic nitrogens is 3. The first kappa shape index (κ1) is 23.4. The minimum Gasteiger partial charge on any atom is -0.278 e. The molecular formula is C38H23N3S. The van der Waals surface area contributed by atoms with Crippen LogP contribution in [0.2, 0.25) is 0 Å². The second kappa shape index (κ2) is 9.10. The smallest absolute Gasteiger partial charge is 0.235 e. The van der Waals surface area contributed by atoms with Crippen LogP contribution >= 0.6 is 11.3 Å². The first-order valence-corrected chi connectivity index (χ1v) is 14.9. The summed E-state index contributed by atoms with van der Waals surface area (Å²) in [6, 6.07) is 49.3. The van der Waals surface area contributed by atoms with E-state index in [0.717, 1.165) is 33.2 Å². The summed E-state index contributed by atoms with van der Waals surface area (Å²) >= 11 is 1.86. The quantitative estimate of drug-likeness (QED) is 0.218. The van der Waals surface area contributed by atoms with E-state index in [-0.39, 0.29) is 0 Å². The Labute approximate surface area is 246 Å². The Kier molecular flexibility index (Phi) is 5.07. The second-order valence-electron chi connectivity index (χ2n) is 10.6. The van der Waals surface area contributed by atoms with Gasteiger partial charge in [-0.05, 0) is 35.4 Å². The van der Waals surface area contributed by atoms with Crippen LogP contribution in [0.15, 0.2) is 140 Å². The molecular weight excluding hydrogens is 531 g/mol. The lowest BCUT2D eigenvalue weighted by Crippen LogP contribution is -2.03. The first-order chi connectivity index (χ1) is 20.8. The van der Waals surface area contributed by atoms with E-state index in [1.165, 1.54) is 42.1 Å². The zero-order valence-electron chi connectivity index (χ0n) is 22.5. The van der Waals surface area contributed by atoms with Gasteiger partial charge < -0.3 is 0 Å². The van der Waals surface area contributed by atoms with Gasteiger partial charge in [-0.2, -0.15) is 0 Å². The Morgan fingerprint density at radius 1 is 0.476 bits per heavy atom. The zero-order valence-corrected chi connectivity index (χ0v) is 23.3. The van der Waals surface area contributed by atoms with Crippen molar-refractivity contribution in [2.24, 2.45) is 0 Å². The fourth-order valence-corrected chi connectivity index (χ4v) is 7.55. The minimum atomic E-state index is 0.679. The molecule has 0 radical (unpaired) electrons. The maximum Gasteiger partial charge on any atom is 0.235 e. The van der Waals surface area contributed by atoms with Crippen molar-refractivity contribution >= 4 is 64.2 Å². The SMILES string of the molecule is c1ccc(-c2ccc3c4c5sc6ccccc6c5ccc4n(-c4nc(-c5ccccc5)c5ccccc5n4)c3c2)cc1. The molecule has 0 saturated carbocycles. The van der Waals surface area contributed by atoms with Crippen LogP contribution in [0.3, 0.4) is 0 Å². The van der Waals surface area contributed by atoms with Crippen LogP contribution < -0.4 is 0 Å². The Bertz CT molecular complexity index is 2460. The summed E-state index contributed by atoms with van der Waals surface area (Å²) in [6.07, 6.45) is 0. The minimum absolute atomic E-state index is 0.679. The second-order valence-corrected chi connectivity index (χ2v) is 11.7. The summed E-state index contributed by atoms with van der Waals surface area (Å²) in [5.41, 5.74) is 7.52. The molecule has 3 heterocycles. The topological polar surface area (TPSA) is 30.7 Å². The molecule has 9 aromatic rings. The van der Waals surface area contributed by atoms with Gasteiger partial charge in [0.25, 0.3) is 0 Å². The lowest BCUT2D eigenvalue weighted by atomic mass is 10.0. The molecule has 0 amide bonds. The van der Waals surface area contributed by atoms with Crippen molar-refractivity contribution in [2.75, 3.05) is 0 Å². The summed E-state index contributed by atoms with van der Waals surface area (Å²) in [5.74, 6) is 0.679. The maximum atomic E-state index is 5.29. The molecule has 0 spiro atoms. The average molecular weight is 554 g/mol. The molecule has 42 heavy (non-hydrogen) atoms. The van der Waals surface area contributed by atoms with Crippen molar-refractivity contribution in [1.29, 1.82) is 0 Å².